The molecule has 9 nitrogen and oxygen atoms in total. The Kier molecular flexibility index (Phi) is 10.9. The van der Waals surface area contributed by atoms with E-state index in [1.54, 1.807) is 48.9 Å². The third-order valence-electron chi connectivity index (χ3n) is 7.59. The lowest BCUT2D eigenvalue weighted by Gasteiger charge is -2.24. The number of pyridine rings is 1. The smallest absolute Gasteiger partial charge is 0.337 e. The number of rotatable bonds is 14. The molecule has 0 saturated heterocycles. The average Bonchev–Trinajstić information content (AvgIpc) is 3.09. The molecule has 238 valence electrons. The van der Waals surface area contributed by atoms with Gasteiger partial charge in [-0.25, -0.2) is 14.8 Å². The Balaban J connectivity index is 1.54. The quantitative estimate of drug-likeness (QED) is 0.0567. The number of ether oxygens (including phenoxy) is 3. The molecule has 2 aromatic heterocycles. The van der Waals surface area contributed by atoms with Crippen LogP contribution in [0.1, 0.15) is 46.8 Å². The van der Waals surface area contributed by atoms with Gasteiger partial charge in [0.2, 0.25) is 5.95 Å². The number of methoxy groups -OCH3 is 3. The molecule has 0 aliphatic rings. The second-order valence-corrected chi connectivity index (χ2v) is 11.9. The van der Waals surface area contributed by atoms with E-state index in [2.05, 4.69) is 11.8 Å². The van der Waals surface area contributed by atoms with Crippen LogP contribution in [0.5, 0.6) is 11.5 Å². The number of aromatic nitrogens is 3. The van der Waals surface area contributed by atoms with Crippen LogP contribution in [0.2, 0.25) is 0 Å². The minimum absolute atomic E-state index is 0.156. The molecule has 0 radical (unpaired) electrons. The highest BCUT2D eigenvalue weighted by Crippen LogP contribution is 2.28. The van der Waals surface area contributed by atoms with Crippen molar-refractivity contribution in [1.82, 2.24) is 14.5 Å². The fourth-order valence-electron chi connectivity index (χ4n) is 4.98. The molecule has 46 heavy (non-hydrogen) atoms. The van der Waals surface area contributed by atoms with Crippen molar-refractivity contribution in [2.45, 2.75) is 44.4 Å². The molecule has 0 atom stereocenters. The van der Waals surface area contributed by atoms with Gasteiger partial charge in [0.15, 0.2) is 0 Å². The maximum Gasteiger partial charge on any atom is 0.337 e. The number of carbonyl (C=O) groups is 1. The highest BCUT2D eigenvalue weighted by Gasteiger charge is 2.19. The minimum Gasteiger partial charge on any atom is -0.497 e. The predicted molar refractivity (Wildman–Crippen MR) is 182 cm³/mol. The van der Waals surface area contributed by atoms with Crippen LogP contribution >= 0.6 is 11.8 Å². The molecule has 0 saturated carbocycles. The van der Waals surface area contributed by atoms with Gasteiger partial charge in [-0.05, 0) is 71.3 Å². The molecule has 0 amide bonds. The number of esters is 1. The molecule has 0 unspecified atom stereocenters. The number of thioether (sulfide) groups is 1. The summed E-state index contributed by atoms with van der Waals surface area (Å²) in [6.07, 6.45) is 3.81. The fourth-order valence-corrected chi connectivity index (χ4v) is 6.09. The second-order valence-electron chi connectivity index (χ2n) is 10.8. The van der Waals surface area contributed by atoms with Crippen LogP contribution in [0.15, 0.2) is 94.9 Å². The molecule has 10 heteroatoms. The number of anilines is 1. The topological polar surface area (TPSA) is 95.8 Å². The summed E-state index contributed by atoms with van der Waals surface area (Å²) in [7, 11) is 4.66. The van der Waals surface area contributed by atoms with Gasteiger partial charge in [0, 0.05) is 19.3 Å². The van der Waals surface area contributed by atoms with Gasteiger partial charge in [-0.15, -0.1) is 11.8 Å². The molecule has 0 fully saturated rings. The maximum atomic E-state index is 14.0. The van der Waals surface area contributed by atoms with Gasteiger partial charge >= 0.3 is 5.97 Å². The first-order chi connectivity index (χ1) is 22.4. The SMILES string of the molecule is CCCCSc1nc(N(Cc2ccc(OC)cc2)Cc2ccc(OC)cc2)nc2ccn(Cc3ccc(C(=O)OC)cc3)c(=O)c12. The lowest BCUT2D eigenvalue weighted by molar-refractivity contribution is 0.0600. The number of hydrogen-bond acceptors (Lipinski definition) is 9. The van der Waals surface area contributed by atoms with Crippen molar-refractivity contribution in [3.05, 3.63) is 118 Å². The first kappa shape index (κ1) is 32.6. The molecule has 3 aromatic carbocycles. The van der Waals surface area contributed by atoms with Gasteiger partial charge in [0.1, 0.15) is 16.5 Å². The minimum atomic E-state index is -0.399. The summed E-state index contributed by atoms with van der Waals surface area (Å²) in [5.74, 6) is 2.57. The monoisotopic (exact) mass is 638 g/mol. The van der Waals surface area contributed by atoms with E-state index in [0.717, 1.165) is 46.8 Å². The molecule has 0 bridgehead atoms. The Hall–Kier alpha value is -4.83. The highest BCUT2D eigenvalue weighted by molar-refractivity contribution is 7.99. The molecule has 0 spiro atoms. The molecular formula is C36H38N4O5S. The van der Waals surface area contributed by atoms with Crippen LogP contribution in [0.4, 0.5) is 5.95 Å². The van der Waals surface area contributed by atoms with Crippen molar-refractivity contribution in [2.75, 3.05) is 32.0 Å². The van der Waals surface area contributed by atoms with Crippen molar-refractivity contribution in [2.24, 2.45) is 0 Å². The van der Waals surface area contributed by atoms with E-state index in [4.69, 9.17) is 24.2 Å². The zero-order valence-electron chi connectivity index (χ0n) is 26.6. The first-order valence-corrected chi connectivity index (χ1v) is 16.1. The molecule has 2 heterocycles. The predicted octanol–water partition coefficient (Wildman–Crippen LogP) is 6.74. The zero-order valence-corrected chi connectivity index (χ0v) is 27.4. The fraction of sp³-hybridized carbons (Fsp3) is 0.278. The van der Waals surface area contributed by atoms with E-state index < -0.39 is 5.97 Å². The van der Waals surface area contributed by atoms with Crippen LogP contribution in [-0.2, 0) is 24.4 Å². The van der Waals surface area contributed by atoms with Crippen LogP contribution in [-0.4, -0.2) is 47.6 Å². The van der Waals surface area contributed by atoms with E-state index in [1.165, 1.54) is 7.11 Å². The van der Waals surface area contributed by atoms with Gasteiger partial charge < -0.3 is 23.7 Å². The molecule has 0 aliphatic heterocycles. The Morgan fingerprint density at radius 3 is 1.93 bits per heavy atom. The molecule has 0 N–H and O–H groups in total. The van der Waals surface area contributed by atoms with Crippen molar-refractivity contribution in [1.29, 1.82) is 0 Å². The van der Waals surface area contributed by atoms with Crippen molar-refractivity contribution in [3.8, 4) is 11.5 Å². The summed E-state index contributed by atoms with van der Waals surface area (Å²) in [5.41, 5.74) is 3.94. The number of fused-ring (bicyclic) bond motifs is 1. The second kappa shape index (κ2) is 15.4. The normalized spacial score (nSPS) is 11.0. The summed E-state index contributed by atoms with van der Waals surface area (Å²) >= 11 is 1.59. The number of nitrogens with zero attached hydrogens (tertiary/aromatic N) is 4. The van der Waals surface area contributed by atoms with Crippen LogP contribution < -0.4 is 19.9 Å². The Bertz CT molecular complexity index is 1770. The lowest BCUT2D eigenvalue weighted by atomic mass is 10.1. The Morgan fingerprint density at radius 1 is 0.804 bits per heavy atom. The number of carbonyl (C=O) groups excluding carboxylic acids is 1. The molecule has 5 aromatic rings. The summed E-state index contributed by atoms with van der Waals surface area (Å²) in [6, 6.07) is 24.9. The maximum absolute atomic E-state index is 14.0. The van der Waals surface area contributed by atoms with Gasteiger partial charge in [-0.3, -0.25) is 4.79 Å². The lowest BCUT2D eigenvalue weighted by Crippen LogP contribution is -2.26. The van der Waals surface area contributed by atoms with Gasteiger partial charge in [-0.2, -0.15) is 0 Å². The third-order valence-corrected chi connectivity index (χ3v) is 8.65. The number of unbranched alkanes of at least 4 members (excludes halogenated alkanes) is 1. The van der Waals surface area contributed by atoms with Crippen LogP contribution in [0.25, 0.3) is 10.9 Å². The number of benzene rings is 3. The van der Waals surface area contributed by atoms with E-state index in [1.807, 2.05) is 66.7 Å². The molecular weight excluding hydrogens is 600 g/mol. The summed E-state index contributed by atoms with van der Waals surface area (Å²) in [4.78, 5) is 37.9. The Morgan fingerprint density at radius 2 is 1.39 bits per heavy atom. The third kappa shape index (κ3) is 7.87. The Labute approximate surface area is 273 Å². The first-order valence-electron chi connectivity index (χ1n) is 15.1. The van der Waals surface area contributed by atoms with Gasteiger partial charge in [-0.1, -0.05) is 49.7 Å². The summed E-state index contributed by atoms with van der Waals surface area (Å²) in [5, 5.41) is 1.18. The molecule has 0 aliphatic carbocycles. The van der Waals surface area contributed by atoms with Crippen LogP contribution in [0.3, 0.4) is 0 Å². The van der Waals surface area contributed by atoms with E-state index in [9.17, 15) is 9.59 Å². The van der Waals surface area contributed by atoms with E-state index >= 15 is 0 Å². The van der Waals surface area contributed by atoms with Crippen LogP contribution in [0, 0.1) is 0 Å². The zero-order chi connectivity index (χ0) is 32.5. The van der Waals surface area contributed by atoms with Crippen molar-refractivity contribution < 1.29 is 19.0 Å². The van der Waals surface area contributed by atoms with Crippen molar-refractivity contribution in [3.63, 3.8) is 0 Å². The summed E-state index contributed by atoms with van der Waals surface area (Å²) in [6.45, 7) is 3.60. The average molecular weight is 639 g/mol. The van der Waals surface area contributed by atoms with E-state index in [0.29, 0.717) is 47.1 Å². The van der Waals surface area contributed by atoms with Gasteiger partial charge in [0.05, 0.1) is 44.3 Å². The van der Waals surface area contributed by atoms with E-state index in [-0.39, 0.29) is 5.56 Å². The largest absolute Gasteiger partial charge is 0.497 e. The highest BCUT2D eigenvalue weighted by atomic mass is 32.2. The standard InChI is InChI=1S/C36H38N4O5S/c1-5-6-21-46-33-32-31(19-20-39(34(32)41)22-25-7-13-28(14-8-25)35(42)45-4)37-36(38-33)40(23-26-9-15-29(43-2)16-10-26)24-27-11-17-30(44-3)18-12-27/h7-20H,5-6,21-24H2,1-4H3. The number of hydrogen-bond donors (Lipinski definition) is 0. The van der Waals surface area contributed by atoms with Gasteiger partial charge in [0.25, 0.3) is 5.56 Å². The summed E-state index contributed by atoms with van der Waals surface area (Å²) < 4.78 is 17.2. The molecule has 5 rings (SSSR count). The van der Waals surface area contributed by atoms with Crippen molar-refractivity contribution >= 4 is 34.6 Å².